The summed E-state index contributed by atoms with van der Waals surface area (Å²) >= 11 is 0. The fraction of sp³-hybridized carbons (Fsp3) is 0.920. The van der Waals surface area contributed by atoms with E-state index in [9.17, 15) is 30.0 Å². The molecule has 0 bridgehead atoms. The van der Waals surface area contributed by atoms with Crippen molar-refractivity contribution in [2.24, 2.45) is 0 Å². The highest BCUT2D eigenvalue weighted by Gasteiger charge is 2.44. The number of hydrogen-bond acceptors (Lipinski definition) is 10. The van der Waals surface area contributed by atoms with Crippen molar-refractivity contribution in [2.45, 2.75) is 128 Å². The predicted octanol–water partition coefficient (Wildman–Crippen LogP) is 1.98. The van der Waals surface area contributed by atoms with E-state index >= 15 is 0 Å². The summed E-state index contributed by atoms with van der Waals surface area (Å²) in [6.07, 6.45) is 3.10. The lowest BCUT2D eigenvalue weighted by Gasteiger charge is -2.39. The molecule has 1 fully saturated rings. The first kappa shape index (κ1) is 31.7. The van der Waals surface area contributed by atoms with E-state index in [0.29, 0.717) is 12.8 Å². The molecule has 206 valence electrons. The Morgan fingerprint density at radius 2 is 1.40 bits per heavy atom. The van der Waals surface area contributed by atoms with E-state index in [2.05, 4.69) is 6.92 Å². The zero-order chi connectivity index (χ0) is 26.1. The van der Waals surface area contributed by atoms with Gasteiger partial charge in [0, 0.05) is 12.8 Å². The van der Waals surface area contributed by atoms with Crippen molar-refractivity contribution >= 4 is 11.9 Å². The van der Waals surface area contributed by atoms with E-state index in [0.717, 1.165) is 19.3 Å². The number of aliphatic hydroxyl groups is 4. The third-order valence-electron chi connectivity index (χ3n) is 5.96. The fourth-order valence-corrected chi connectivity index (χ4v) is 3.81. The van der Waals surface area contributed by atoms with Crippen LogP contribution >= 0.6 is 0 Å². The lowest BCUT2D eigenvalue weighted by Crippen LogP contribution is -2.59. The molecule has 1 aliphatic heterocycles. The highest BCUT2D eigenvalue weighted by atomic mass is 16.7. The molecule has 4 N–H and O–H groups in total. The number of aliphatic hydroxyl groups excluding tert-OH is 4. The van der Waals surface area contributed by atoms with Gasteiger partial charge in [-0.25, -0.2) is 0 Å². The van der Waals surface area contributed by atoms with Gasteiger partial charge in [-0.2, -0.15) is 0 Å². The number of esters is 2. The number of ether oxygens (including phenoxy) is 4. The second kappa shape index (κ2) is 18.9. The smallest absolute Gasteiger partial charge is 0.306 e. The summed E-state index contributed by atoms with van der Waals surface area (Å²) in [5, 5.41) is 39.2. The molecule has 1 aliphatic rings. The van der Waals surface area contributed by atoms with Gasteiger partial charge in [0.25, 0.3) is 0 Å². The van der Waals surface area contributed by atoms with Crippen LogP contribution in [0.15, 0.2) is 0 Å². The van der Waals surface area contributed by atoms with E-state index in [1.165, 1.54) is 32.1 Å². The van der Waals surface area contributed by atoms with E-state index in [-0.39, 0.29) is 26.1 Å². The van der Waals surface area contributed by atoms with Gasteiger partial charge in [0.1, 0.15) is 31.0 Å². The second-order valence-corrected chi connectivity index (χ2v) is 9.15. The Bertz CT molecular complexity index is 570. The molecule has 0 amide bonds. The van der Waals surface area contributed by atoms with Gasteiger partial charge < -0.3 is 39.4 Å². The second-order valence-electron chi connectivity index (χ2n) is 9.15. The number of hydrogen-bond donors (Lipinski definition) is 4. The van der Waals surface area contributed by atoms with Crippen LogP contribution in [0.4, 0.5) is 0 Å². The van der Waals surface area contributed by atoms with Crippen LogP contribution in [-0.4, -0.2) is 89.0 Å². The Kier molecular flexibility index (Phi) is 17.1. The Morgan fingerprint density at radius 3 is 2.00 bits per heavy atom. The first-order valence-electron chi connectivity index (χ1n) is 13.1. The maximum absolute atomic E-state index is 12.3. The zero-order valence-corrected chi connectivity index (χ0v) is 21.3. The third-order valence-corrected chi connectivity index (χ3v) is 5.96. The normalized spacial score (nSPS) is 25.3. The molecular formula is C25H46O10. The molecule has 0 aliphatic carbocycles. The lowest BCUT2D eigenvalue weighted by molar-refractivity contribution is -0.305. The van der Waals surface area contributed by atoms with Crippen molar-refractivity contribution in [3.63, 3.8) is 0 Å². The molecule has 1 rings (SSSR count). The minimum Gasteiger partial charge on any atom is -0.462 e. The van der Waals surface area contributed by atoms with Crippen molar-refractivity contribution < 1.29 is 49.0 Å². The molecule has 10 nitrogen and oxygen atoms in total. The Morgan fingerprint density at radius 1 is 0.771 bits per heavy atom. The van der Waals surface area contributed by atoms with Crippen LogP contribution in [-0.2, 0) is 28.5 Å². The summed E-state index contributed by atoms with van der Waals surface area (Å²) in [6, 6.07) is 0. The van der Waals surface area contributed by atoms with Gasteiger partial charge in [-0.1, -0.05) is 65.2 Å². The number of carbonyl (C=O) groups excluding carboxylic acids is 2. The summed E-state index contributed by atoms with van der Waals surface area (Å²) in [5.41, 5.74) is 0. The summed E-state index contributed by atoms with van der Waals surface area (Å²) < 4.78 is 21.4. The molecule has 0 saturated carbocycles. The molecule has 0 aromatic carbocycles. The molecule has 1 heterocycles. The van der Waals surface area contributed by atoms with Gasteiger partial charge in [0.15, 0.2) is 12.4 Å². The number of unbranched alkanes of at least 4 members (excludes halogenated alkanes) is 8. The third kappa shape index (κ3) is 13.0. The summed E-state index contributed by atoms with van der Waals surface area (Å²) in [5.74, 6) is -0.873. The molecular weight excluding hydrogens is 460 g/mol. The summed E-state index contributed by atoms with van der Waals surface area (Å²) in [7, 11) is 0. The van der Waals surface area contributed by atoms with E-state index < -0.39 is 55.4 Å². The minimum atomic E-state index is -1.58. The molecule has 0 aromatic heterocycles. The fourth-order valence-electron chi connectivity index (χ4n) is 3.81. The standard InChI is InChI=1S/C25H46O10/c1-3-5-6-7-8-9-10-11-12-14-21(28)34-18(16-32-20(27)13-4-2)17-33-25-24(31)23(30)22(29)19(15-26)35-25/h18-19,22-26,29-31H,3-17H2,1-2H3. The van der Waals surface area contributed by atoms with Crippen molar-refractivity contribution in [2.75, 3.05) is 19.8 Å². The highest BCUT2D eigenvalue weighted by molar-refractivity contribution is 5.70. The van der Waals surface area contributed by atoms with Crippen LogP contribution in [0.2, 0.25) is 0 Å². The van der Waals surface area contributed by atoms with Crippen LogP contribution in [0.5, 0.6) is 0 Å². The van der Waals surface area contributed by atoms with Crippen LogP contribution in [0.25, 0.3) is 0 Å². The van der Waals surface area contributed by atoms with Crippen molar-refractivity contribution in [3.05, 3.63) is 0 Å². The van der Waals surface area contributed by atoms with Crippen LogP contribution < -0.4 is 0 Å². The van der Waals surface area contributed by atoms with Crippen LogP contribution in [0, 0.1) is 0 Å². The lowest BCUT2D eigenvalue weighted by atomic mass is 9.99. The molecule has 35 heavy (non-hydrogen) atoms. The molecule has 1 saturated heterocycles. The molecule has 0 spiro atoms. The first-order valence-corrected chi connectivity index (χ1v) is 13.1. The Balaban J connectivity index is 2.47. The summed E-state index contributed by atoms with van der Waals surface area (Å²) in [6.45, 7) is 2.95. The molecule has 6 unspecified atom stereocenters. The zero-order valence-electron chi connectivity index (χ0n) is 21.3. The van der Waals surface area contributed by atoms with Gasteiger partial charge >= 0.3 is 11.9 Å². The van der Waals surface area contributed by atoms with Gasteiger partial charge in [0.05, 0.1) is 13.2 Å². The monoisotopic (exact) mass is 506 g/mol. The molecule has 10 heteroatoms. The van der Waals surface area contributed by atoms with Gasteiger partial charge in [-0.05, 0) is 12.8 Å². The van der Waals surface area contributed by atoms with Crippen LogP contribution in [0.1, 0.15) is 90.9 Å². The molecule has 0 aromatic rings. The minimum absolute atomic E-state index is 0.222. The van der Waals surface area contributed by atoms with Crippen LogP contribution in [0.3, 0.4) is 0 Å². The average molecular weight is 507 g/mol. The molecule has 6 atom stereocenters. The topological polar surface area (TPSA) is 152 Å². The first-order chi connectivity index (χ1) is 16.8. The Labute approximate surface area is 208 Å². The SMILES string of the molecule is CCCCCCCCCCCC(=O)OC(COC(=O)CCC)COC1OC(CO)C(O)C(O)C1O. The van der Waals surface area contributed by atoms with Gasteiger partial charge in [-0.3, -0.25) is 9.59 Å². The highest BCUT2D eigenvalue weighted by Crippen LogP contribution is 2.22. The van der Waals surface area contributed by atoms with Crippen molar-refractivity contribution in [3.8, 4) is 0 Å². The quantitative estimate of drug-likeness (QED) is 0.151. The number of carbonyl (C=O) groups is 2. The van der Waals surface area contributed by atoms with E-state index in [1.54, 1.807) is 0 Å². The van der Waals surface area contributed by atoms with E-state index in [4.69, 9.17) is 18.9 Å². The average Bonchev–Trinajstić information content (AvgIpc) is 2.84. The molecule has 0 radical (unpaired) electrons. The van der Waals surface area contributed by atoms with Crippen molar-refractivity contribution in [1.82, 2.24) is 0 Å². The number of rotatable bonds is 19. The largest absolute Gasteiger partial charge is 0.462 e. The summed E-state index contributed by atoms with van der Waals surface area (Å²) in [4.78, 5) is 24.1. The van der Waals surface area contributed by atoms with Crippen molar-refractivity contribution in [1.29, 1.82) is 0 Å². The van der Waals surface area contributed by atoms with Gasteiger partial charge in [-0.15, -0.1) is 0 Å². The Hall–Kier alpha value is -1.30. The van der Waals surface area contributed by atoms with Gasteiger partial charge in [0.2, 0.25) is 0 Å². The predicted molar refractivity (Wildman–Crippen MR) is 127 cm³/mol. The maximum atomic E-state index is 12.3. The maximum Gasteiger partial charge on any atom is 0.306 e. The van der Waals surface area contributed by atoms with E-state index in [1.807, 2.05) is 6.92 Å².